The van der Waals surface area contributed by atoms with E-state index in [0.29, 0.717) is 22.8 Å². The van der Waals surface area contributed by atoms with Gasteiger partial charge in [0, 0.05) is 0 Å². The molecule has 35 heavy (non-hydrogen) atoms. The van der Waals surface area contributed by atoms with E-state index < -0.39 is 5.97 Å². The van der Waals surface area contributed by atoms with Gasteiger partial charge in [-0.1, -0.05) is 39.0 Å². The lowest BCUT2D eigenvalue weighted by Gasteiger charge is -2.18. The van der Waals surface area contributed by atoms with Crippen LogP contribution in [0.5, 0.6) is 17.2 Å². The Morgan fingerprint density at radius 1 is 0.886 bits per heavy atom. The molecule has 0 bridgehead atoms. The van der Waals surface area contributed by atoms with Gasteiger partial charge in [0.05, 0.1) is 32.4 Å². The van der Waals surface area contributed by atoms with E-state index in [1.807, 2.05) is 12.1 Å². The summed E-state index contributed by atoms with van der Waals surface area (Å²) in [5, 5.41) is 3.99. The first-order valence-electron chi connectivity index (χ1n) is 11.1. The summed E-state index contributed by atoms with van der Waals surface area (Å²) in [7, 11) is 3.10. The lowest BCUT2D eigenvalue weighted by molar-refractivity contribution is -0.120. The smallest absolute Gasteiger partial charge is 0.343 e. The van der Waals surface area contributed by atoms with Gasteiger partial charge < -0.3 is 14.2 Å². The molecule has 3 rings (SSSR count). The number of benzene rings is 3. The Morgan fingerprint density at radius 3 is 2.14 bits per heavy atom. The number of esters is 1. The van der Waals surface area contributed by atoms with Crippen molar-refractivity contribution in [3.8, 4) is 17.2 Å². The van der Waals surface area contributed by atoms with E-state index >= 15 is 0 Å². The molecule has 0 aliphatic carbocycles. The number of ether oxygens (including phenoxy) is 3. The molecule has 0 aliphatic heterocycles. The number of nitrogens with zero attached hydrogens (tertiary/aromatic N) is 1. The second-order valence-electron chi connectivity index (χ2n) is 8.95. The molecule has 7 heteroatoms. The summed E-state index contributed by atoms with van der Waals surface area (Å²) in [5.41, 5.74) is 5.67. The lowest BCUT2D eigenvalue weighted by Crippen LogP contribution is -2.19. The first-order valence-corrected chi connectivity index (χ1v) is 11.1. The summed E-state index contributed by atoms with van der Waals surface area (Å²) in [6.45, 7) is 6.36. The molecule has 1 amide bonds. The van der Waals surface area contributed by atoms with Gasteiger partial charge in [0.15, 0.2) is 11.5 Å². The maximum Gasteiger partial charge on any atom is 0.343 e. The average molecular weight is 475 g/mol. The fraction of sp³-hybridized carbons (Fsp3) is 0.250. The molecule has 0 saturated heterocycles. The van der Waals surface area contributed by atoms with E-state index in [9.17, 15) is 9.59 Å². The quantitative estimate of drug-likeness (QED) is 0.217. The van der Waals surface area contributed by atoms with Crippen molar-refractivity contribution in [2.45, 2.75) is 32.6 Å². The fourth-order valence-corrected chi connectivity index (χ4v) is 3.29. The Labute approximate surface area is 205 Å². The zero-order chi connectivity index (χ0) is 25.4. The largest absolute Gasteiger partial charge is 0.493 e. The number of carbonyl (C=O) groups excluding carboxylic acids is 2. The van der Waals surface area contributed by atoms with E-state index in [0.717, 1.165) is 16.7 Å². The fourth-order valence-electron chi connectivity index (χ4n) is 3.29. The van der Waals surface area contributed by atoms with Crippen molar-refractivity contribution in [3.05, 3.63) is 89.0 Å². The molecular formula is C28H30N2O5. The van der Waals surface area contributed by atoms with Gasteiger partial charge in [-0.3, -0.25) is 4.79 Å². The number of methoxy groups -OCH3 is 2. The third-order valence-corrected chi connectivity index (χ3v) is 5.29. The van der Waals surface area contributed by atoms with Crippen LogP contribution in [0.1, 0.15) is 47.8 Å². The highest BCUT2D eigenvalue weighted by molar-refractivity contribution is 5.91. The third kappa shape index (κ3) is 7.17. The minimum Gasteiger partial charge on any atom is -0.493 e. The molecule has 0 aliphatic rings. The summed E-state index contributed by atoms with van der Waals surface area (Å²) >= 11 is 0. The summed E-state index contributed by atoms with van der Waals surface area (Å²) in [4.78, 5) is 24.6. The van der Waals surface area contributed by atoms with Crippen molar-refractivity contribution in [1.82, 2.24) is 5.43 Å². The average Bonchev–Trinajstić information content (AvgIpc) is 2.84. The van der Waals surface area contributed by atoms with Crippen LogP contribution >= 0.6 is 0 Å². The number of amides is 1. The van der Waals surface area contributed by atoms with Crippen molar-refractivity contribution in [3.63, 3.8) is 0 Å². The standard InChI is InChI=1S/C28H30N2O5/c1-28(2,3)22-11-9-21(10-12-22)27(32)35-23-13-6-19(7-14-23)18-29-30-26(31)17-20-8-15-24(33-4)25(16-20)34-5/h6-16,18H,17H2,1-5H3,(H,30,31)/b29-18-. The maximum absolute atomic E-state index is 12.4. The van der Waals surface area contributed by atoms with Gasteiger partial charge in [0.25, 0.3) is 0 Å². The zero-order valence-electron chi connectivity index (χ0n) is 20.6. The van der Waals surface area contributed by atoms with Crippen LogP contribution in [0.2, 0.25) is 0 Å². The molecule has 3 aromatic carbocycles. The number of hydrogen-bond donors (Lipinski definition) is 1. The molecule has 0 unspecified atom stereocenters. The molecular weight excluding hydrogens is 444 g/mol. The van der Waals surface area contributed by atoms with Crippen molar-refractivity contribution < 1.29 is 23.8 Å². The van der Waals surface area contributed by atoms with Gasteiger partial charge in [0.2, 0.25) is 5.91 Å². The van der Waals surface area contributed by atoms with Gasteiger partial charge in [-0.05, 0) is 70.6 Å². The SMILES string of the molecule is COc1ccc(CC(=O)N/N=C\c2ccc(OC(=O)c3ccc(C(C)(C)C)cc3)cc2)cc1OC. The van der Waals surface area contributed by atoms with Crippen molar-refractivity contribution in [2.75, 3.05) is 14.2 Å². The second kappa shape index (κ2) is 11.3. The molecule has 0 fully saturated rings. The predicted octanol–water partition coefficient (Wildman–Crippen LogP) is 4.91. The number of nitrogens with one attached hydrogen (secondary N) is 1. The number of rotatable bonds is 8. The van der Waals surface area contributed by atoms with Crippen LogP contribution in [0.4, 0.5) is 0 Å². The molecule has 0 heterocycles. The van der Waals surface area contributed by atoms with E-state index in [-0.39, 0.29) is 17.7 Å². The summed E-state index contributed by atoms with van der Waals surface area (Å²) in [6.07, 6.45) is 1.66. The molecule has 7 nitrogen and oxygen atoms in total. The number of hydrogen-bond acceptors (Lipinski definition) is 6. The van der Waals surface area contributed by atoms with Crippen molar-refractivity contribution in [1.29, 1.82) is 0 Å². The summed E-state index contributed by atoms with van der Waals surface area (Å²) in [5.74, 6) is 0.890. The van der Waals surface area contributed by atoms with E-state index in [1.165, 1.54) is 6.21 Å². The molecule has 1 N–H and O–H groups in total. The predicted molar refractivity (Wildman–Crippen MR) is 136 cm³/mol. The normalized spacial score (nSPS) is 11.2. The Balaban J connectivity index is 1.52. The minimum absolute atomic E-state index is 0.0164. The maximum atomic E-state index is 12.4. The molecule has 0 radical (unpaired) electrons. The van der Waals surface area contributed by atoms with E-state index in [2.05, 4.69) is 31.3 Å². The third-order valence-electron chi connectivity index (χ3n) is 5.29. The molecule has 0 atom stereocenters. The molecule has 182 valence electrons. The van der Waals surface area contributed by atoms with Crippen LogP contribution in [0.15, 0.2) is 71.8 Å². The second-order valence-corrected chi connectivity index (χ2v) is 8.95. The van der Waals surface area contributed by atoms with E-state index in [4.69, 9.17) is 14.2 Å². The van der Waals surface area contributed by atoms with Crippen LogP contribution in [-0.2, 0) is 16.6 Å². The highest BCUT2D eigenvalue weighted by atomic mass is 16.5. The van der Waals surface area contributed by atoms with Crippen LogP contribution in [0.3, 0.4) is 0 Å². The lowest BCUT2D eigenvalue weighted by atomic mass is 9.87. The highest BCUT2D eigenvalue weighted by Crippen LogP contribution is 2.27. The van der Waals surface area contributed by atoms with Gasteiger partial charge in [0.1, 0.15) is 5.75 Å². The number of hydrazone groups is 1. The summed E-state index contributed by atoms with van der Waals surface area (Å²) in [6, 6.07) is 19.6. The topological polar surface area (TPSA) is 86.2 Å². The zero-order valence-corrected chi connectivity index (χ0v) is 20.6. The first kappa shape index (κ1) is 25.5. The Kier molecular flexibility index (Phi) is 8.25. The molecule has 3 aromatic rings. The van der Waals surface area contributed by atoms with Gasteiger partial charge in [-0.25, -0.2) is 10.2 Å². The Bertz CT molecular complexity index is 1190. The number of carbonyl (C=O) groups is 2. The molecule has 0 aromatic heterocycles. The van der Waals surface area contributed by atoms with Crippen molar-refractivity contribution >= 4 is 18.1 Å². The molecule has 0 saturated carbocycles. The Morgan fingerprint density at radius 2 is 1.54 bits per heavy atom. The van der Waals surface area contributed by atoms with Crippen LogP contribution in [0.25, 0.3) is 0 Å². The van der Waals surface area contributed by atoms with Crippen LogP contribution in [0, 0.1) is 0 Å². The van der Waals surface area contributed by atoms with E-state index in [1.54, 1.807) is 68.8 Å². The van der Waals surface area contributed by atoms with Crippen LogP contribution < -0.4 is 19.6 Å². The first-order chi connectivity index (χ1) is 16.7. The highest BCUT2D eigenvalue weighted by Gasteiger charge is 2.15. The van der Waals surface area contributed by atoms with Gasteiger partial charge >= 0.3 is 5.97 Å². The molecule has 0 spiro atoms. The van der Waals surface area contributed by atoms with Gasteiger partial charge in [-0.2, -0.15) is 5.10 Å². The minimum atomic E-state index is -0.422. The summed E-state index contributed by atoms with van der Waals surface area (Å²) < 4.78 is 15.9. The van der Waals surface area contributed by atoms with Gasteiger partial charge in [-0.15, -0.1) is 0 Å². The Hall–Kier alpha value is -4.13. The monoisotopic (exact) mass is 474 g/mol. The van der Waals surface area contributed by atoms with Crippen molar-refractivity contribution in [2.24, 2.45) is 5.10 Å². The van der Waals surface area contributed by atoms with Crippen LogP contribution in [-0.4, -0.2) is 32.3 Å².